The van der Waals surface area contributed by atoms with Crippen LogP contribution in [0.2, 0.25) is 0 Å². The molecule has 3 aliphatic heterocycles. The summed E-state index contributed by atoms with van der Waals surface area (Å²) in [5.74, 6) is -4.80. The maximum Gasteiger partial charge on any atom is 0.363 e. The monoisotopic (exact) mass is 713 g/mol. The van der Waals surface area contributed by atoms with E-state index in [-0.39, 0.29) is 41.4 Å². The number of halogens is 1. The Bertz CT molecular complexity index is 2040. The molecule has 4 aliphatic rings. The zero-order valence-corrected chi connectivity index (χ0v) is 28.0. The molecule has 4 atom stereocenters. The highest BCUT2D eigenvalue weighted by Gasteiger charge is 2.68. The number of pyridine rings is 1. The molecule has 3 N–H and O–H groups in total. The van der Waals surface area contributed by atoms with Gasteiger partial charge in [-0.1, -0.05) is 18.9 Å². The number of nitrogens with one attached hydrogen (secondary N) is 1. The average Bonchev–Trinajstić information content (AvgIpc) is 3.46. The summed E-state index contributed by atoms with van der Waals surface area (Å²) < 4.78 is 27.6. The fraction of sp³-hybridized carbons (Fsp3) is 0.438. The van der Waals surface area contributed by atoms with Gasteiger partial charge >= 0.3 is 13.6 Å². The van der Waals surface area contributed by atoms with Crippen molar-refractivity contribution in [1.82, 2.24) is 19.7 Å². The van der Waals surface area contributed by atoms with Gasteiger partial charge in [-0.3, -0.25) is 28.5 Å². The van der Waals surface area contributed by atoms with Gasteiger partial charge in [0.1, 0.15) is 17.6 Å². The summed E-state index contributed by atoms with van der Waals surface area (Å²) >= 11 is 1.07. The second-order valence-corrected chi connectivity index (χ2v) is 15.8. The third-order valence-corrected chi connectivity index (χ3v) is 12.0. The van der Waals surface area contributed by atoms with Gasteiger partial charge in [0.2, 0.25) is 11.8 Å². The van der Waals surface area contributed by atoms with Gasteiger partial charge in [0.05, 0.1) is 10.6 Å². The molecule has 1 aliphatic carbocycles. The lowest BCUT2D eigenvalue weighted by Gasteiger charge is -2.36. The van der Waals surface area contributed by atoms with Crippen LogP contribution in [-0.2, 0) is 26.0 Å². The van der Waals surface area contributed by atoms with Crippen molar-refractivity contribution in [2.45, 2.75) is 80.9 Å². The van der Waals surface area contributed by atoms with Crippen molar-refractivity contribution in [1.29, 1.82) is 0 Å². The number of alkyl halides is 1. The Morgan fingerprint density at radius 1 is 1.02 bits per heavy atom. The normalized spacial score (nSPS) is 24.3. The number of imide groups is 2. The number of hydrogen-bond acceptors (Lipinski definition) is 8. The fourth-order valence-corrected chi connectivity index (χ4v) is 8.74. The SMILES string of the molecule is Cn1ccc(N2C(=O)N(C(=O)[C@@H]3CC[C@@H]4CCCC[C@H](NC(=O)c5cc6cc(C(F)P(=O)(O)O)ccc6s5)C(=O)N43)C3(CC3)C2=O)cc1=O. The summed E-state index contributed by atoms with van der Waals surface area (Å²) in [5.41, 5.74) is -1.95. The third-order valence-electron chi connectivity index (χ3n) is 9.96. The van der Waals surface area contributed by atoms with E-state index in [0.717, 1.165) is 33.6 Å². The van der Waals surface area contributed by atoms with Gasteiger partial charge in [-0.25, -0.2) is 19.0 Å². The second kappa shape index (κ2) is 12.0. The van der Waals surface area contributed by atoms with Crippen molar-refractivity contribution in [2.24, 2.45) is 7.05 Å². The molecule has 17 heteroatoms. The molecule has 5 heterocycles. The van der Waals surface area contributed by atoms with Gasteiger partial charge in [0.15, 0.2) is 0 Å². The highest BCUT2D eigenvalue weighted by atomic mass is 32.1. The average molecular weight is 714 g/mol. The van der Waals surface area contributed by atoms with E-state index in [1.807, 2.05) is 0 Å². The number of fused-ring (bicyclic) bond motifs is 2. The maximum atomic E-state index is 14.3. The molecule has 2 aromatic heterocycles. The number of benzene rings is 1. The van der Waals surface area contributed by atoms with Crippen LogP contribution >= 0.6 is 18.9 Å². The lowest BCUT2D eigenvalue weighted by molar-refractivity contribution is -0.147. The lowest BCUT2D eigenvalue weighted by Crippen LogP contribution is -2.58. The number of amides is 6. The first-order valence-corrected chi connectivity index (χ1v) is 18.5. The Morgan fingerprint density at radius 3 is 2.45 bits per heavy atom. The predicted octanol–water partition coefficient (Wildman–Crippen LogP) is 3.31. The van der Waals surface area contributed by atoms with Crippen molar-refractivity contribution in [3.63, 3.8) is 0 Å². The number of aromatic nitrogens is 1. The van der Waals surface area contributed by atoms with Crippen LogP contribution in [0.4, 0.5) is 14.9 Å². The van der Waals surface area contributed by atoms with Crippen LogP contribution in [-0.4, -0.2) is 77.5 Å². The van der Waals surface area contributed by atoms with Crippen LogP contribution in [0, 0.1) is 0 Å². The maximum absolute atomic E-state index is 14.3. The number of aryl methyl sites for hydroxylation is 1. The Kier molecular flexibility index (Phi) is 8.13. The van der Waals surface area contributed by atoms with E-state index >= 15 is 0 Å². The zero-order chi connectivity index (χ0) is 35.0. The predicted molar refractivity (Wildman–Crippen MR) is 174 cm³/mol. The molecule has 1 spiro atoms. The van der Waals surface area contributed by atoms with Crippen molar-refractivity contribution >= 4 is 64.4 Å². The lowest BCUT2D eigenvalue weighted by atomic mass is 9.99. The molecule has 0 radical (unpaired) electrons. The van der Waals surface area contributed by atoms with E-state index in [2.05, 4.69) is 5.32 Å². The molecule has 49 heavy (non-hydrogen) atoms. The van der Waals surface area contributed by atoms with Crippen LogP contribution in [0.25, 0.3) is 10.1 Å². The number of carbonyl (C=O) groups is 5. The summed E-state index contributed by atoms with van der Waals surface area (Å²) in [7, 11) is -3.50. The van der Waals surface area contributed by atoms with Gasteiger partial charge < -0.3 is 24.6 Å². The van der Waals surface area contributed by atoms with Gasteiger partial charge in [0.25, 0.3) is 23.3 Å². The third kappa shape index (κ3) is 5.60. The Balaban J connectivity index is 1.12. The van der Waals surface area contributed by atoms with Crippen LogP contribution in [0.1, 0.15) is 72.5 Å². The molecule has 1 unspecified atom stereocenters. The minimum atomic E-state index is -5.03. The highest BCUT2D eigenvalue weighted by molar-refractivity contribution is 7.51. The second-order valence-electron chi connectivity index (χ2n) is 13.1. The minimum absolute atomic E-state index is 0.0675. The summed E-state index contributed by atoms with van der Waals surface area (Å²) in [6.45, 7) is 0. The Labute approximate surface area is 282 Å². The number of hydrogen-bond donors (Lipinski definition) is 3. The zero-order valence-electron chi connectivity index (χ0n) is 26.3. The Morgan fingerprint density at radius 2 is 1.76 bits per heavy atom. The number of thiophene rings is 1. The van der Waals surface area contributed by atoms with Crippen LogP contribution in [0.15, 0.2) is 47.4 Å². The summed E-state index contributed by atoms with van der Waals surface area (Å²) in [6.07, 6.45) is 5.08. The fourth-order valence-electron chi connectivity index (χ4n) is 7.24. The molecule has 1 saturated carbocycles. The van der Waals surface area contributed by atoms with E-state index in [1.54, 1.807) is 0 Å². The number of urea groups is 1. The summed E-state index contributed by atoms with van der Waals surface area (Å²) in [6, 6.07) is 4.89. The first-order valence-electron chi connectivity index (χ1n) is 16.0. The largest absolute Gasteiger partial charge is 0.363 e. The standard InChI is InChI=1S/C32H33FN5O9PS/c1-35-13-10-20(16-25(35)39)37-30(43)32(11-12-32)38(31(37)44)29(42)22-8-7-19-4-2-3-5-21(28(41)36(19)22)34-27(40)24-15-18-14-17(6-9-23(18)49-24)26(33)48(45,46)47/h6,9-10,13-16,19,21-22,26H,2-5,7-8,11-12H2,1H3,(H,34,40)(H2,45,46,47)/t19-,21-,22-,26?/m0/s1. The molecule has 3 aromatic rings. The molecular weight excluding hydrogens is 680 g/mol. The topological polar surface area (TPSA) is 187 Å². The number of anilines is 1. The van der Waals surface area contributed by atoms with Crippen molar-refractivity contribution in [2.75, 3.05) is 4.90 Å². The van der Waals surface area contributed by atoms with E-state index in [4.69, 9.17) is 0 Å². The van der Waals surface area contributed by atoms with E-state index in [1.165, 1.54) is 53.0 Å². The molecule has 4 fully saturated rings. The Hall–Kier alpha value is -4.24. The minimum Gasteiger partial charge on any atom is -0.340 e. The summed E-state index contributed by atoms with van der Waals surface area (Å²) in [5, 5.41) is 3.20. The van der Waals surface area contributed by atoms with Crippen molar-refractivity contribution < 1.29 is 42.7 Å². The van der Waals surface area contributed by atoms with E-state index < -0.39 is 66.4 Å². The number of carbonyl (C=O) groups excluding carboxylic acids is 5. The van der Waals surface area contributed by atoms with Gasteiger partial charge in [-0.2, -0.15) is 0 Å². The molecular formula is C32H33FN5O9PS. The van der Waals surface area contributed by atoms with Crippen molar-refractivity contribution in [3.05, 3.63) is 63.4 Å². The smallest absolute Gasteiger partial charge is 0.340 e. The van der Waals surface area contributed by atoms with Crippen LogP contribution < -0.4 is 15.8 Å². The molecule has 3 saturated heterocycles. The van der Waals surface area contributed by atoms with Crippen molar-refractivity contribution in [3.8, 4) is 0 Å². The first kappa shape index (κ1) is 33.3. The van der Waals surface area contributed by atoms with Gasteiger partial charge in [-0.05, 0) is 73.7 Å². The molecule has 258 valence electrons. The molecule has 1 aromatic carbocycles. The van der Waals surface area contributed by atoms with Crippen LogP contribution in [0.3, 0.4) is 0 Å². The van der Waals surface area contributed by atoms with E-state index in [9.17, 15) is 47.5 Å². The number of rotatable bonds is 6. The van der Waals surface area contributed by atoms with Gasteiger partial charge in [0, 0.05) is 30.1 Å². The highest BCUT2D eigenvalue weighted by Crippen LogP contribution is 2.53. The summed E-state index contributed by atoms with van der Waals surface area (Å²) in [4.78, 5) is 103. The quantitative estimate of drug-likeness (QED) is 0.255. The van der Waals surface area contributed by atoms with Crippen LogP contribution in [0.5, 0.6) is 0 Å². The molecule has 14 nitrogen and oxygen atoms in total. The van der Waals surface area contributed by atoms with E-state index in [0.29, 0.717) is 35.8 Å². The molecule has 6 amide bonds. The molecule has 7 rings (SSSR count). The number of nitrogens with zero attached hydrogens (tertiary/aromatic N) is 4. The van der Waals surface area contributed by atoms with Gasteiger partial charge in [-0.15, -0.1) is 11.3 Å². The molecule has 0 bridgehead atoms. The first-order chi connectivity index (χ1) is 23.2.